The molecular weight excluding hydrogens is 1030 g/mol. The number of amides is 4. The van der Waals surface area contributed by atoms with Gasteiger partial charge in [0.25, 0.3) is 0 Å². The van der Waals surface area contributed by atoms with E-state index in [1.807, 2.05) is 44.7 Å². The fourth-order valence-corrected chi connectivity index (χ4v) is 15.4. The molecule has 5 atom stereocenters. The number of rotatable bonds is 11. The van der Waals surface area contributed by atoms with Gasteiger partial charge >= 0.3 is 368 Å². The number of benzene rings is 1. The van der Waals surface area contributed by atoms with E-state index in [9.17, 15) is 14.4 Å². The van der Waals surface area contributed by atoms with E-state index in [2.05, 4.69) is 61.6 Å². The van der Waals surface area contributed by atoms with Crippen molar-refractivity contribution >= 4 is 63.6 Å². The van der Waals surface area contributed by atoms with Crippen molar-refractivity contribution in [1.29, 1.82) is 0 Å². The number of urea groups is 1. The molecule has 4 amide bonds. The number of aromatic nitrogens is 3. The molecule has 1 spiro atoms. The number of ketones is 1. The maximum atomic E-state index is 15.1. The summed E-state index contributed by atoms with van der Waals surface area (Å²) in [7, 11) is 5.07. The number of hydrogen-bond acceptors (Lipinski definition) is 12. The van der Waals surface area contributed by atoms with E-state index in [1.54, 1.807) is 54.7 Å². The van der Waals surface area contributed by atoms with E-state index in [-0.39, 0.29) is 48.6 Å². The van der Waals surface area contributed by atoms with Gasteiger partial charge in [-0.25, -0.2) is 0 Å². The number of likely N-dealkylation sites (tertiary alicyclic amines) is 1. The molecule has 18 heteroatoms. The van der Waals surface area contributed by atoms with Crippen molar-refractivity contribution in [2.75, 3.05) is 53.7 Å². The number of carbonyl (C=O) groups excluding carboxylic acids is 5. The first-order valence-electron chi connectivity index (χ1n) is 23.7. The van der Waals surface area contributed by atoms with Crippen LogP contribution in [0.1, 0.15) is 77.6 Å². The van der Waals surface area contributed by atoms with Gasteiger partial charge < -0.3 is 4.74 Å². The van der Waals surface area contributed by atoms with E-state index in [1.165, 1.54) is 16.2 Å². The van der Waals surface area contributed by atoms with Crippen LogP contribution in [0.5, 0.6) is 0 Å². The Balaban J connectivity index is 1.17. The molecule has 6 bridgehead atoms. The number of thioether (sulfide) groups is 1. The molecule has 69 heavy (non-hydrogen) atoms. The fourth-order valence-electron chi connectivity index (χ4n) is 10.2. The van der Waals surface area contributed by atoms with Crippen LogP contribution < -0.4 is 26.6 Å². The van der Waals surface area contributed by atoms with Crippen LogP contribution in [0.25, 0.3) is 33.4 Å². The van der Waals surface area contributed by atoms with Gasteiger partial charge in [-0.2, -0.15) is 0 Å². The Kier molecular flexibility index (Phi) is 14.5. The number of fused-ring (bicyclic) bond motifs is 6. The minimum absolute atomic E-state index is 0.133. The summed E-state index contributed by atoms with van der Waals surface area (Å²) in [5.41, 5.74) is 9.90. The Morgan fingerprint density at radius 1 is 1.16 bits per heavy atom. The van der Waals surface area contributed by atoms with Crippen LogP contribution in [-0.2, 0) is 53.0 Å². The Bertz CT molecular complexity index is 2690. The van der Waals surface area contributed by atoms with Crippen LogP contribution in [-0.4, -0.2) is 143 Å². The van der Waals surface area contributed by atoms with Gasteiger partial charge in [0.15, 0.2) is 4.93 Å². The summed E-state index contributed by atoms with van der Waals surface area (Å²) in [5, 5.41) is 5.40. The average Bonchev–Trinajstić information content (AvgIpc) is 3.72. The Hall–Kier alpha value is -4.37. The molecule has 4 aliphatic heterocycles. The van der Waals surface area contributed by atoms with Crippen molar-refractivity contribution in [3.05, 3.63) is 70.3 Å². The van der Waals surface area contributed by atoms with Gasteiger partial charge in [0, 0.05) is 13.3 Å². The third kappa shape index (κ3) is 9.48. The second-order valence-electron chi connectivity index (χ2n) is 20.2. The Morgan fingerprint density at radius 2 is 1.90 bits per heavy atom. The number of ether oxygens (including phenoxy) is 2. The molecule has 2 unspecified atom stereocenters. The number of Topliss-reactive ketones (excluding diaryl/α,β-unsaturated/α-hetero) is 1. The van der Waals surface area contributed by atoms with Gasteiger partial charge in [-0.15, -0.1) is 11.8 Å². The number of pyridine rings is 1. The minimum atomic E-state index is -1.07. The van der Waals surface area contributed by atoms with Gasteiger partial charge in [-0.05, 0) is 19.2 Å². The monoisotopic (exact) mass is 1090 g/mol. The summed E-state index contributed by atoms with van der Waals surface area (Å²) < 4.78 is 13.0. The van der Waals surface area contributed by atoms with Gasteiger partial charge in [0.1, 0.15) is 0 Å². The van der Waals surface area contributed by atoms with E-state index in [0.717, 1.165) is 49.7 Å². The summed E-state index contributed by atoms with van der Waals surface area (Å²) in [6, 6.07) is 8.48. The summed E-state index contributed by atoms with van der Waals surface area (Å²) in [4.78, 5) is 85.0. The summed E-state index contributed by atoms with van der Waals surface area (Å²) in [5.74, 6) is -1.16. The van der Waals surface area contributed by atoms with Crippen molar-refractivity contribution in [3.8, 4) is 22.5 Å². The van der Waals surface area contributed by atoms with Crippen molar-refractivity contribution < 1.29 is 54.7 Å². The second kappa shape index (κ2) is 19.7. The van der Waals surface area contributed by atoms with Gasteiger partial charge in [-0.1, -0.05) is 0 Å². The molecule has 3 fully saturated rings. The number of esters is 1. The molecule has 8 rings (SSSR count). The second-order valence-corrected chi connectivity index (χ2v) is 26.1. The zero-order valence-electron chi connectivity index (χ0n) is 41.7. The number of cyclic esters (lactones) is 1. The molecule has 4 aromatic rings. The first kappa shape index (κ1) is 51.0. The first-order valence-corrected chi connectivity index (χ1v) is 28.2. The third-order valence-electron chi connectivity index (χ3n) is 14.3. The van der Waals surface area contributed by atoms with Crippen LogP contribution >= 0.6 is 23.1 Å². The van der Waals surface area contributed by atoms with Crippen LogP contribution in [0, 0.1) is 11.3 Å². The van der Waals surface area contributed by atoms with E-state index in [4.69, 9.17) is 19.4 Å². The number of halogens is 1. The molecule has 0 radical (unpaired) electrons. The molecule has 0 aliphatic carbocycles. The topological polar surface area (TPSA) is 160 Å². The number of nitrogens with one attached hydrogen (secondary N) is 1. The van der Waals surface area contributed by atoms with Gasteiger partial charge in [0.2, 0.25) is 0 Å². The summed E-state index contributed by atoms with van der Waals surface area (Å²) in [6.07, 6.45) is 5.75. The Labute approximate surface area is 424 Å². The standard InChI is InChI=1S/C51H66IN8O7S2/c1-13-59-38-19-18-31-22-34(38)35(41(59)33-16-14-20-53-44(33)50(8,66-11)68-12)23-49(6,7)28-67-46(63)36-17-15-21-60(55-36)47(64)51(24-39-54-37(31)27-69-39)43(52-51)42(61)40(29(2)3)57(10)48(65)56(9)32-25-58(26-32)45(62)30(4)5/h14,16,18-20,22,27,29,32,36,40,43,55H,4,13,15,17,21,23-26,28H2,1-3,5-12H3/q-1/t36-,40-,43?,50+,51?/m0/s1. The number of hydrogen-bond donors (Lipinski definition) is 1. The Morgan fingerprint density at radius 3 is 2.57 bits per heavy atom. The van der Waals surface area contributed by atoms with E-state index in [0.29, 0.717) is 51.0 Å². The van der Waals surface area contributed by atoms with E-state index < -0.39 is 57.0 Å². The van der Waals surface area contributed by atoms with Gasteiger partial charge in [-0.3, -0.25) is 4.98 Å². The summed E-state index contributed by atoms with van der Waals surface area (Å²) in [6.45, 7) is 19.7. The molecule has 7 heterocycles. The number of nitrogens with zero attached hydrogens (tertiary/aromatic N) is 7. The molecular formula is C51H66IN8O7S2-. The normalized spacial score (nSPS) is 23.1. The third-order valence-corrected chi connectivity index (χ3v) is 20.4. The number of methoxy groups -OCH3 is 1. The molecule has 0 saturated carbocycles. The van der Waals surface area contributed by atoms with Crippen LogP contribution in [0.4, 0.5) is 4.79 Å². The average molecular weight is 1090 g/mol. The zero-order chi connectivity index (χ0) is 49.9. The van der Waals surface area contributed by atoms with Crippen LogP contribution in [0.3, 0.4) is 0 Å². The predicted octanol–water partition coefficient (Wildman–Crippen LogP) is 3.77. The quantitative estimate of drug-likeness (QED) is 0.0767. The molecule has 372 valence electrons. The predicted molar refractivity (Wildman–Crippen MR) is 266 cm³/mol. The van der Waals surface area contributed by atoms with Crippen molar-refractivity contribution in [2.45, 2.75) is 111 Å². The van der Waals surface area contributed by atoms with Crippen molar-refractivity contribution in [2.24, 2.45) is 11.3 Å². The van der Waals surface area contributed by atoms with Gasteiger partial charge in [0.05, 0.1) is 0 Å². The van der Waals surface area contributed by atoms with Crippen LogP contribution in [0.2, 0.25) is 0 Å². The molecule has 3 aromatic heterocycles. The van der Waals surface area contributed by atoms with Crippen molar-refractivity contribution in [3.63, 3.8) is 0 Å². The number of carbonyl (C=O) groups is 5. The SMILES string of the molecule is C=C(C)C(=O)N1CC(N(C)C(=O)N(C)[C@H](C(=O)C2[I-]C23Cc2nc(cs2)-c2ccc4c(c2)c(c(-c2cccnc2[C@](C)(OC)SC)n4CC)CC(C)(C)COC(=O)[C@@H]2CCCN(N2)C3=O)C(C)C)C1. The van der Waals surface area contributed by atoms with Crippen molar-refractivity contribution in [1.82, 2.24) is 39.7 Å². The number of likely N-dealkylation sites (N-methyl/N-ethyl adjacent to an activating group) is 2. The summed E-state index contributed by atoms with van der Waals surface area (Å²) >= 11 is 2.01. The molecule has 15 nitrogen and oxygen atoms in total. The number of aryl methyl sites for hydroxylation is 1. The fraction of sp³-hybridized carbons (Fsp3) is 0.549. The first-order chi connectivity index (χ1) is 32.7. The maximum absolute atomic E-state index is 15.1. The molecule has 1 aromatic carbocycles. The van der Waals surface area contributed by atoms with Crippen LogP contribution in [0.15, 0.2) is 54.1 Å². The molecule has 1 N–H and O–H groups in total. The molecule has 4 aliphatic rings. The molecule has 3 saturated heterocycles. The number of alkyl halides is 2. The number of thiazole rings is 1. The zero-order valence-corrected chi connectivity index (χ0v) is 45.5. The number of hydrazine groups is 1. The van der Waals surface area contributed by atoms with E-state index >= 15 is 9.59 Å².